The summed E-state index contributed by atoms with van der Waals surface area (Å²) in [5, 5.41) is 2.49. The lowest BCUT2D eigenvalue weighted by atomic mass is 10.2. The molecule has 2 rings (SSSR count). The summed E-state index contributed by atoms with van der Waals surface area (Å²) in [5.74, 6) is -1.24. The van der Waals surface area contributed by atoms with Crippen LogP contribution >= 0.6 is 0 Å². The second kappa shape index (κ2) is 8.40. The van der Waals surface area contributed by atoms with Crippen molar-refractivity contribution in [1.82, 2.24) is 4.72 Å². The van der Waals surface area contributed by atoms with Gasteiger partial charge in [-0.15, -0.1) is 0 Å². The molecule has 0 saturated heterocycles. The predicted molar refractivity (Wildman–Crippen MR) is 93.4 cm³/mol. The van der Waals surface area contributed by atoms with Crippen LogP contribution in [0.2, 0.25) is 0 Å². The molecular weight excluding hydrogens is 401 g/mol. The molecule has 0 radical (unpaired) electrons. The van der Waals surface area contributed by atoms with Gasteiger partial charge in [-0.2, -0.15) is 13.2 Å². The van der Waals surface area contributed by atoms with Gasteiger partial charge in [0.05, 0.1) is 17.6 Å². The van der Waals surface area contributed by atoms with E-state index >= 15 is 0 Å². The van der Waals surface area contributed by atoms with Gasteiger partial charge in [-0.3, -0.25) is 4.79 Å². The second-order valence-electron chi connectivity index (χ2n) is 5.49. The Morgan fingerprint density at radius 3 is 2.25 bits per heavy atom. The zero-order valence-corrected chi connectivity index (χ0v) is 15.2. The fourth-order valence-electron chi connectivity index (χ4n) is 2.08. The number of hydrogen-bond acceptors (Lipinski definition) is 5. The third kappa shape index (κ3) is 5.79. The molecule has 0 aliphatic heterocycles. The van der Waals surface area contributed by atoms with Crippen molar-refractivity contribution >= 4 is 27.6 Å². The van der Waals surface area contributed by atoms with Crippen LogP contribution in [0.5, 0.6) is 0 Å². The largest absolute Gasteiger partial charge is 0.465 e. The van der Waals surface area contributed by atoms with Crippen LogP contribution in [0.1, 0.15) is 20.7 Å². The summed E-state index contributed by atoms with van der Waals surface area (Å²) in [6.07, 6.45) is -4.71. The molecule has 2 N–H and O–H groups in total. The van der Waals surface area contributed by atoms with Gasteiger partial charge in [0.25, 0.3) is 5.91 Å². The molecule has 0 aliphatic rings. The van der Waals surface area contributed by atoms with Crippen LogP contribution in [0.25, 0.3) is 0 Å². The maximum absolute atomic E-state index is 12.3. The van der Waals surface area contributed by atoms with E-state index in [0.717, 1.165) is 12.1 Å². The van der Waals surface area contributed by atoms with Crippen molar-refractivity contribution in [3.8, 4) is 0 Å². The van der Waals surface area contributed by atoms with E-state index < -0.39 is 39.5 Å². The Kier molecular flexibility index (Phi) is 6.41. The molecule has 2 aromatic carbocycles. The quantitative estimate of drug-likeness (QED) is 0.705. The fourth-order valence-corrected chi connectivity index (χ4v) is 3.14. The van der Waals surface area contributed by atoms with E-state index in [-0.39, 0.29) is 11.1 Å². The number of anilines is 1. The van der Waals surface area contributed by atoms with Crippen molar-refractivity contribution in [1.29, 1.82) is 0 Å². The van der Waals surface area contributed by atoms with Crippen LogP contribution in [-0.2, 0) is 14.8 Å². The standard InChI is InChI=1S/C17H15F3N2O5S/c1-27-16(24)11-5-7-13(8-6-11)22-15(23)12-3-2-4-14(9-12)28(25,26)21-10-17(18,19)20/h2-9,21H,10H2,1H3,(H,22,23). The third-order valence-electron chi connectivity index (χ3n) is 3.43. The molecule has 0 bridgehead atoms. The maximum atomic E-state index is 12.3. The van der Waals surface area contributed by atoms with Gasteiger partial charge in [0.15, 0.2) is 0 Å². The third-order valence-corrected chi connectivity index (χ3v) is 4.83. The minimum Gasteiger partial charge on any atom is -0.465 e. The first-order valence-corrected chi connectivity index (χ1v) is 9.16. The van der Waals surface area contributed by atoms with Crippen LogP contribution < -0.4 is 10.0 Å². The van der Waals surface area contributed by atoms with Crippen LogP contribution in [0.4, 0.5) is 18.9 Å². The van der Waals surface area contributed by atoms with Crippen molar-refractivity contribution in [3.63, 3.8) is 0 Å². The molecule has 0 spiro atoms. The van der Waals surface area contributed by atoms with Gasteiger partial charge in [0.2, 0.25) is 10.0 Å². The normalized spacial score (nSPS) is 11.7. The van der Waals surface area contributed by atoms with Crippen molar-refractivity contribution in [3.05, 3.63) is 59.7 Å². The van der Waals surface area contributed by atoms with Gasteiger partial charge < -0.3 is 10.1 Å². The molecule has 1 amide bonds. The maximum Gasteiger partial charge on any atom is 0.402 e. The smallest absolute Gasteiger partial charge is 0.402 e. The number of sulfonamides is 1. The van der Waals surface area contributed by atoms with E-state index in [1.165, 1.54) is 48.2 Å². The molecule has 0 atom stereocenters. The van der Waals surface area contributed by atoms with Gasteiger partial charge in [0, 0.05) is 11.3 Å². The molecule has 0 fully saturated rings. The molecular formula is C17H15F3N2O5S. The Balaban J connectivity index is 2.14. The number of esters is 1. The number of halogens is 3. The molecule has 2 aromatic rings. The lowest BCUT2D eigenvalue weighted by molar-refractivity contribution is -0.121. The SMILES string of the molecule is COC(=O)c1ccc(NC(=O)c2cccc(S(=O)(=O)NCC(F)(F)F)c2)cc1. The van der Waals surface area contributed by atoms with Crippen molar-refractivity contribution in [2.45, 2.75) is 11.1 Å². The van der Waals surface area contributed by atoms with Gasteiger partial charge in [-0.05, 0) is 42.5 Å². The number of benzene rings is 2. The Hall–Kier alpha value is -2.92. The van der Waals surface area contributed by atoms with E-state index in [0.29, 0.717) is 5.69 Å². The van der Waals surface area contributed by atoms with Gasteiger partial charge >= 0.3 is 12.1 Å². The average Bonchev–Trinajstić information content (AvgIpc) is 2.66. The Morgan fingerprint density at radius 1 is 1.04 bits per heavy atom. The van der Waals surface area contributed by atoms with E-state index in [4.69, 9.17) is 0 Å². The van der Waals surface area contributed by atoms with Gasteiger partial charge in [-0.25, -0.2) is 17.9 Å². The van der Waals surface area contributed by atoms with E-state index in [1.807, 2.05) is 0 Å². The number of rotatable bonds is 6. The highest BCUT2D eigenvalue weighted by Crippen LogP contribution is 2.17. The number of carbonyl (C=O) groups is 2. The van der Waals surface area contributed by atoms with Crippen molar-refractivity contribution < 1.29 is 35.9 Å². The Bertz CT molecular complexity index is 973. The van der Waals surface area contributed by atoms with Crippen LogP contribution in [0.15, 0.2) is 53.4 Å². The summed E-state index contributed by atoms with van der Waals surface area (Å²) in [7, 11) is -3.22. The molecule has 0 unspecified atom stereocenters. The molecule has 0 aromatic heterocycles. The molecule has 150 valence electrons. The molecule has 7 nitrogen and oxygen atoms in total. The summed E-state index contributed by atoms with van der Waals surface area (Å²) in [4.78, 5) is 23.2. The number of carbonyl (C=O) groups excluding carboxylic acids is 2. The number of amides is 1. The average molecular weight is 416 g/mol. The number of alkyl halides is 3. The van der Waals surface area contributed by atoms with Crippen molar-refractivity contribution in [2.75, 3.05) is 19.0 Å². The van der Waals surface area contributed by atoms with Crippen LogP contribution in [-0.4, -0.2) is 40.1 Å². The van der Waals surface area contributed by atoms with E-state index in [2.05, 4.69) is 10.1 Å². The monoisotopic (exact) mass is 416 g/mol. The number of nitrogens with one attached hydrogen (secondary N) is 2. The van der Waals surface area contributed by atoms with E-state index in [9.17, 15) is 31.2 Å². The number of hydrogen-bond donors (Lipinski definition) is 2. The zero-order valence-electron chi connectivity index (χ0n) is 14.4. The molecule has 11 heteroatoms. The predicted octanol–water partition coefficient (Wildman–Crippen LogP) is 2.57. The number of ether oxygens (including phenoxy) is 1. The summed E-state index contributed by atoms with van der Waals surface area (Å²) >= 11 is 0. The Labute approximate surface area is 158 Å². The summed E-state index contributed by atoms with van der Waals surface area (Å²) in [6.45, 7) is -1.72. The summed E-state index contributed by atoms with van der Waals surface area (Å²) in [5.41, 5.74) is 0.511. The zero-order chi connectivity index (χ0) is 20.9. The minimum atomic E-state index is -4.71. The molecule has 0 saturated carbocycles. The Morgan fingerprint density at radius 2 is 1.68 bits per heavy atom. The molecule has 28 heavy (non-hydrogen) atoms. The fraction of sp³-hybridized carbons (Fsp3) is 0.176. The number of methoxy groups -OCH3 is 1. The van der Waals surface area contributed by atoms with Gasteiger partial charge in [-0.1, -0.05) is 6.07 Å². The van der Waals surface area contributed by atoms with E-state index in [1.54, 1.807) is 0 Å². The lowest BCUT2D eigenvalue weighted by Crippen LogP contribution is -2.33. The first-order valence-electron chi connectivity index (χ1n) is 7.68. The van der Waals surface area contributed by atoms with Crippen LogP contribution in [0, 0.1) is 0 Å². The van der Waals surface area contributed by atoms with Crippen LogP contribution in [0.3, 0.4) is 0 Å². The topological polar surface area (TPSA) is 102 Å². The highest BCUT2D eigenvalue weighted by Gasteiger charge is 2.30. The molecule has 0 aliphatic carbocycles. The summed E-state index contributed by atoms with van der Waals surface area (Å²) in [6, 6.07) is 10.3. The molecule has 0 heterocycles. The summed E-state index contributed by atoms with van der Waals surface area (Å²) < 4.78 is 66.6. The highest BCUT2D eigenvalue weighted by atomic mass is 32.2. The second-order valence-corrected chi connectivity index (χ2v) is 7.26. The first kappa shape index (κ1) is 21.4. The first-order chi connectivity index (χ1) is 13.0. The highest BCUT2D eigenvalue weighted by molar-refractivity contribution is 7.89. The lowest BCUT2D eigenvalue weighted by Gasteiger charge is -2.11. The van der Waals surface area contributed by atoms with Crippen molar-refractivity contribution in [2.24, 2.45) is 0 Å². The van der Waals surface area contributed by atoms with Gasteiger partial charge in [0.1, 0.15) is 6.54 Å². The minimum absolute atomic E-state index is 0.0769.